The molecule has 0 saturated carbocycles. The van der Waals surface area contributed by atoms with Gasteiger partial charge in [-0.3, -0.25) is 9.59 Å². The van der Waals surface area contributed by atoms with Crippen molar-refractivity contribution in [2.45, 2.75) is 70.2 Å². The third-order valence-corrected chi connectivity index (χ3v) is 5.91. The summed E-state index contributed by atoms with van der Waals surface area (Å²) in [5.41, 5.74) is 6.31. The SMILES string of the molecule is CC(C)(C)OC(=O)NC1CCN(C(=O)OC(Cc2ccccc2)C(=O)N[C@@H](Cc2cnc[nH]2)C(N)=O)CC1. The third kappa shape index (κ3) is 9.09. The van der Waals surface area contributed by atoms with Crippen molar-refractivity contribution in [1.29, 1.82) is 0 Å². The van der Waals surface area contributed by atoms with Crippen LogP contribution < -0.4 is 16.4 Å². The maximum Gasteiger partial charge on any atom is 0.410 e. The van der Waals surface area contributed by atoms with Gasteiger partial charge in [-0.25, -0.2) is 14.6 Å². The first kappa shape index (κ1) is 28.5. The number of aromatic nitrogens is 2. The summed E-state index contributed by atoms with van der Waals surface area (Å²) >= 11 is 0. The molecular formula is C26H36N6O6. The lowest BCUT2D eigenvalue weighted by molar-refractivity contribution is -0.133. The number of ether oxygens (including phenoxy) is 2. The molecule has 5 N–H and O–H groups in total. The number of carbonyl (C=O) groups is 4. The largest absolute Gasteiger partial charge is 0.444 e. The molecule has 1 aromatic heterocycles. The normalized spacial score (nSPS) is 15.7. The quantitative estimate of drug-likeness (QED) is 0.384. The molecule has 1 aliphatic heterocycles. The van der Waals surface area contributed by atoms with Crippen molar-refractivity contribution >= 4 is 24.0 Å². The number of nitrogens with two attached hydrogens (primary N) is 1. The molecule has 1 aromatic carbocycles. The third-order valence-electron chi connectivity index (χ3n) is 5.91. The molecule has 1 unspecified atom stereocenters. The molecule has 38 heavy (non-hydrogen) atoms. The molecule has 12 heteroatoms. The minimum Gasteiger partial charge on any atom is -0.444 e. The standard InChI is InChI=1S/C26H36N6O6/c1-26(2,3)38-24(35)30-18-9-11-32(12-10-18)25(36)37-21(13-17-7-5-4-6-8-17)23(34)31-20(22(27)33)14-19-15-28-16-29-19/h4-8,15-16,18,20-21H,9-14H2,1-3H3,(H2,27,33)(H,28,29)(H,30,35)(H,31,34)/t20-,21?/m0/s1. The predicted octanol–water partition coefficient (Wildman–Crippen LogP) is 1.66. The maximum atomic E-state index is 13.2. The van der Waals surface area contributed by atoms with Crippen molar-refractivity contribution in [2.24, 2.45) is 5.73 Å². The number of rotatable bonds is 9. The van der Waals surface area contributed by atoms with Gasteiger partial charge in [0.25, 0.3) is 5.91 Å². The molecular weight excluding hydrogens is 492 g/mol. The predicted molar refractivity (Wildman–Crippen MR) is 138 cm³/mol. The van der Waals surface area contributed by atoms with E-state index in [4.69, 9.17) is 15.2 Å². The highest BCUT2D eigenvalue weighted by Crippen LogP contribution is 2.16. The first-order valence-corrected chi connectivity index (χ1v) is 12.6. The van der Waals surface area contributed by atoms with Gasteiger partial charge in [-0.2, -0.15) is 0 Å². The number of aromatic amines is 1. The van der Waals surface area contributed by atoms with Crippen LogP contribution in [0.5, 0.6) is 0 Å². The zero-order valence-corrected chi connectivity index (χ0v) is 21.9. The summed E-state index contributed by atoms with van der Waals surface area (Å²) in [5, 5.41) is 5.43. The fraction of sp³-hybridized carbons (Fsp3) is 0.500. The van der Waals surface area contributed by atoms with Crippen LogP contribution in [0.4, 0.5) is 9.59 Å². The number of nitrogens with zero attached hydrogens (tertiary/aromatic N) is 2. The Kier molecular flexibility index (Phi) is 9.69. The Labute approximate surface area is 221 Å². The Hall–Kier alpha value is -4.09. The van der Waals surface area contributed by atoms with Crippen LogP contribution >= 0.6 is 0 Å². The average molecular weight is 529 g/mol. The smallest absolute Gasteiger partial charge is 0.410 e. The number of hydrogen-bond acceptors (Lipinski definition) is 7. The van der Waals surface area contributed by atoms with Crippen molar-refractivity contribution in [3.05, 3.63) is 54.1 Å². The molecule has 0 aliphatic carbocycles. The number of hydrogen-bond donors (Lipinski definition) is 4. The fourth-order valence-electron chi connectivity index (χ4n) is 4.00. The van der Waals surface area contributed by atoms with E-state index in [1.165, 1.54) is 17.4 Å². The van der Waals surface area contributed by atoms with Crippen LogP contribution in [0.2, 0.25) is 0 Å². The van der Waals surface area contributed by atoms with Crippen molar-refractivity contribution in [2.75, 3.05) is 13.1 Å². The summed E-state index contributed by atoms with van der Waals surface area (Å²) in [6, 6.07) is 7.95. The van der Waals surface area contributed by atoms with Crippen LogP contribution in [0.25, 0.3) is 0 Å². The van der Waals surface area contributed by atoms with E-state index < -0.39 is 41.7 Å². The summed E-state index contributed by atoms with van der Waals surface area (Å²) in [5.74, 6) is -1.36. The van der Waals surface area contributed by atoms with Crippen LogP contribution in [0.1, 0.15) is 44.9 Å². The Bertz CT molecular complexity index is 1080. The Morgan fingerprint density at radius 1 is 1.13 bits per heavy atom. The second-order valence-corrected chi connectivity index (χ2v) is 10.2. The number of benzene rings is 1. The highest BCUT2D eigenvalue weighted by atomic mass is 16.6. The van der Waals surface area contributed by atoms with Gasteiger partial charge >= 0.3 is 12.2 Å². The van der Waals surface area contributed by atoms with E-state index in [1.54, 1.807) is 20.8 Å². The van der Waals surface area contributed by atoms with E-state index in [-0.39, 0.29) is 18.9 Å². The molecule has 1 aliphatic rings. The van der Waals surface area contributed by atoms with E-state index in [1.807, 2.05) is 30.3 Å². The molecule has 1 fully saturated rings. The molecule has 206 valence electrons. The molecule has 12 nitrogen and oxygen atoms in total. The Balaban J connectivity index is 1.61. The van der Waals surface area contributed by atoms with E-state index in [0.717, 1.165) is 5.56 Å². The van der Waals surface area contributed by atoms with Gasteiger partial charge in [0.05, 0.1) is 6.33 Å². The lowest BCUT2D eigenvalue weighted by Gasteiger charge is -2.33. The second kappa shape index (κ2) is 12.9. The highest BCUT2D eigenvalue weighted by molar-refractivity contribution is 5.90. The van der Waals surface area contributed by atoms with Crippen LogP contribution in [0.3, 0.4) is 0 Å². The lowest BCUT2D eigenvalue weighted by Crippen LogP contribution is -2.52. The van der Waals surface area contributed by atoms with Crippen molar-refractivity contribution in [1.82, 2.24) is 25.5 Å². The van der Waals surface area contributed by atoms with E-state index >= 15 is 0 Å². The van der Waals surface area contributed by atoms with Gasteiger partial charge in [-0.1, -0.05) is 30.3 Å². The number of carbonyl (C=O) groups excluding carboxylic acids is 4. The lowest BCUT2D eigenvalue weighted by atomic mass is 10.1. The summed E-state index contributed by atoms with van der Waals surface area (Å²) < 4.78 is 10.9. The van der Waals surface area contributed by atoms with Crippen molar-refractivity contribution in [3.63, 3.8) is 0 Å². The van der Waals surface area contributed by atoms with Gasteiger partial charge in [-0.15, -0.1) is 0 Å². The van der Waals surface area contributed by atoms with Gasteiger partial charge < -0.3 is 35.7 Å². The number of primary amides is 1. The van der Waals surface area contributed by atoms with Crippen LogP contribution in [0.15, 0.2) is 42.9 Å². The number of amides is 4. The average Bonchev–Trinajstić information content (AvgIpc) is 3.36. The minimum atomic E-state index is -1.19. The Morgan fingerprint density at radius 3 is 2.39 bits per heavy atom. The van der Waals surface area contributed by atoms with Crippen molar-refractivity contribution < 1.29 is 28.7 Å². The van der Waals surface area contributed by atoms with Crippen LogP contribution in [-0.2, 0) is 31.9 Å². The number of piperidine rings is 1. The highest BCUT2D eigenvalue weighted by Gasteiger charge is 2.32. The molecule has 2 aromatic rings. The van der Waals surface area contributed by atoms with Gasteiger partial charge in [-0.05, 0) is 39.2 Å². The van der Waals surface area contributed by atoms with Crippen LogP contribution in [0, 0.1) is 0 Å². The number of H-pyrrole nitrogens is 1. The van der Waals surface area contributed by atoms with Crippen LogP contribution in [-0.4, -0.2) is 75.7 Å². The summed E-state index contributed by atoms with van der Waals surface area (Å²) in [6.45, 7) is 6.04. The molecule has 4 amide bonds. The van der Waals surface area contributed by atoms with Gasteiger partial charge in [0.2, 0.25) is 5.91 Å². The molecule has 0 radical (unpaired) electrons. The van der Waals surface area contributed by atoms with Gasteiger partial charge in [0.1, 0.15) is 11.6 Å². The van der Waals surface area contributed by atoms with Gasteiger partial charge in [0.15, 0.2) is 6.10 Å². The number of imidazole rings is 1. The summed E-state index contributed by atoms with van der Waals surface area (Å²) in [4.78, 5) is 58.5. The van der Waals surface area contributed by atoms with E-state index in [2.05, 4.69) is 20.6 Å². The molecule has 2 heterocycles. The number of likely N-dealkylation sites (tertiary alicyclic amines) is 1. The zero-order chi connectivity index (χ0) is 27.7. The topological polar surface area (TPSA) is 169 Å². The monoisotopic (exact) mass is 528 g/mol. The fourth-order valence-corrected chi connectivity index (χ4v) is 4.00. The molecule has 3 rings (SSSR count). The Morgan fingerprint density at radius 2 is 1.82 bits per heavy atom. The van der Waals surface area contributed by atoms with E-state index in [9.17, 15) is 19.2 Å². The first-order valence-electron chi connectivity index (χ1n) is 12.6. The molecule has 0 bridgehead atoms. The molecule has 0 spiro atoms. The summed E-state index contributed by atoms with van der Waals surface area (Å²) in [6.07, 6.45) is 1.90. The number of nitrogens with one attached hydrogen (secondary N) is 3. The number of alkyl carbamates (subject to hydrolysis) is 1. The molecule has 1 saturated heterocycles. The minimum absolute atomic E-state index is 0.116. The zero-order valence-electron chi connectivity index (χ0n) is 21.9. The molecule has 2 atom stereocenters. The van der Waals surface area contributed by atoms with Crippen molar-refractivity contribution in [3.8, 4) is 0 Å². The first-order chi connectivity index (χ1) is 18.0. The maximum absolute atomic E-state index is 13.2. The second-order valence-electron chi connectivity index (χ2n) is 10.2. The van der Waals surface area contributed by atoms with Gasteiger partial charge in [0, 0.05) is 43.9 Å². The van der Waals surface area contributed by atoms with E-state index in [0.29, 0.717) is 31.6 Å². The summed E-state index contributed by atoms with van der Waals surface area (Å²) in [7, 11) is 0.